The number of hydrogen-bond acceptors (Lipinski definition) is 2. The van der Waals surface area contributed by atoms with Gasteiger partial charge in [-0.15, -0.1) is 0 Å². The van der Waals surface area contributed by atoms with Gasteiger partial charge in [-0.05, 0) is 49.9 Å². The molecule has 0 aliphatic carbocycles. The van der Waals surface area contributed by atoms with E-state index in [2.05, 4.69) is 24.6 Å². The van der Waals surface area contributed by atoms with E-state index in [1.54, 1.807) is 6.92 Å². The Morgan fingerprint density at radius 3 is 2.73 bits per heavy atom. The monoisotopic (exact) mass is 227 g/mol. The Labute approximate surface area is 96.7 Å². The van der Waals surface area contributed by atoms with Gasteiger partial charge in [0.25, 0.3) is 0 Å². The molecular weight excluding hydrogens is 209 g/mol. The van der Waals surface area contributed by atoms with Crippen LogP contribution in [0.1, 0.15) is 17.5 Å². The minimum atomic E-state index is -0.128. The average molecular weight is 227 g/mol. The van der Waals surface area contributed by atoms with Crippen LogP contribution in [-0.4, -0.2) is 24.2 Å². The fourth-order valence-electron chi connectivity index (χ4n) is 1.54. The summed E-state index contributed by atoms with van der Waals surface area (Å²) < 4.78 is 13.0. The van der Waals surface area contributed by atoms with Crippen molar-refractivity contribution in [3.63, 3.8) is 0 Å². The average Bonchev–Trinajstić information content (AvgIpc) is 2.20. The summed E-state index contributed by atoms with van der Waals surface area (Å²) in [6.07, 6.45) is 1.08. The highest BCUT2D eigenvalue weighted by molar-refractivity contribution is 7.80. The summed E-state index contributed by atoms with van der Waals surface area (Å²) in [6, 6.07) is 5.29. The first-order valence-corrected chi connectivity index (χ1v) is 5.81. The Kier molecular flexibility index (Phi) is 5.12. The molecule has 0 fully saturated rings. The lowest BCUT2D eigenvalue weighted by molar-refractivity contribution is 0.328. The maximum Gasteiger partial charge on any atom is 0.126 e. The fourth-order valence-corrected chi connectivity index (χ4v) is 1.68. The Balaban J connectivity index is 2.53. The summed E-state index contributed by atoms with van der Waals surface area (Å²) >= 11 is 4.17. The molecule has 0 saturated heterocycles. The van der Waals surface area contributed by atoms with Crippen LogP contribution in [0.4, 0.5) is 4.39 Å². The molecule has 0 atom stereocenters. The number of thiol groups is 1. The molecule has 0 bridgehead atoms. The lowest BCUT2D eigenvalue weighted by Crippen LogP contribution is -2.19. The molecule has 0 N–H and O–H groups in total. The van der Waals surface area contributed by atoms with Crippen molar-refractivity contribution in [2.24, 2.45) is 0 Å². The summed E-state index contributed by atoms with van der Waals surface area (Å²) in [5, 5.41) is 0. The second kappa shape index (κ2) is 6.13. The van der Waals surface area contributed by atoms with Crippen LogP contribution in [0.5, 0.6) is 0 Å². The minimum Gasteiger partial charge on any atom is -0.302 e. The predicted octanol–water partition coefficient (Wildman–Crippen LogP) is 2.89. The molecule has 0 radical (unpaired) electrons. The molecule has 1 rings (SSSR count). The normalized spacial score (nSPS) is 11.0. The van der Waals surface area contributed by atoms with Gasteiger partial charge in [0.1, 0.15) is 5.82 Å². The van der Waals surface area contributed by atoms with Gasteiger partial charge in [0.05, 0.1) is 0 Å². The number of nitrogens with zero attached hydrogens (tertiary/aromatic N) is 1. The number of benzene rings is 1. The van der Waals surface area contributed by atoms with Crippen LogP contribution >= 0.6 is 12.6 Å². The van der Waals surface area contributed by atoms with Crippen molar-refractivity contribution in [1.29, 1.82) is 0 Å². The van der Waals surface area contributed by atoms with E-state index >= 15 is 0 Å². The lowest BCUT2D eigenvalue weighted by atomic mass is 10.1. The van der Waals surface area contributed by atoms with Crippen molar-refractivity contribution in [2.75, 3.05) is 19.3 Å². The molecule has 1 nitrogen and oxygen atoms in total. The van der Waals surface area contributed by atoms with E-state index in [4.69, 9.17) is 0 Å². The first-order chi connectivity index (χ1) is 7.13. The number of rotatable bonds is 5. The summed E-state index contributed by atoms with van der Waals surface area (Å²) in [5.74, 6) is 0.782. The van der Waals surface area contributed by atoms with E-state index < -0.39 is 0 Å². The highest BCUT2D eigenvalue weighted by atomic mass is 32.1. The van der Waals surface area contributed by atoms with E-state index in [1.165, 1.54) is 6.07 Å². The zero-order valence-corrected chi connectivity index (χ0v) is 10.2. The molecule has 1 aromatic carbocycles. The van der Waals surface area contributed by atoms with E-state index in [0.29, 0.717) is 0 Å². The SMILES string of the molecule is Cc1cc(CN(C)CCCS)ccc1F. The van der Waals surface area contributed by atoms with E-state index in [-0.39, 0.29) is 5.82 Å². The van der Waals surface area contributed by atoms with Crippen molar-refractivity contribution < 1.29 is 4.39 Å². The minimum absolute atomic E-state index is 0.128. The molecule has 3 heteroatoms. The summed E-state index contributed by atoms with van der Waals surface area (Å²) in [6.45, 7) is 3.70. The van der Waals surface area contributed by atoms with Crippen LogP contribution in [0, 0.1) is 12.7 Å². The quantitative estimate of drug-likeness (QED) is 0.757. The highest BCUT2D eigenvalue weighted by Gasteiger charge is 2.02. The van der Waals surface area contributed by atoms with Gasteiger partial charge in [0, 0.05) is 6.54 Å². The first kappa shape index (κ1) is 12.5. The van der Waals surface area contributed by atoms with Crippen molar-refractivity contribution in [3.8, 4) is 0 Å². The van der Waals surface area contributed by atoms with Crippen molar-refractivity contribution in [2.45, 2.75) is 19.9 Å². The summed E-state index contributed by atoms with van der Waals surface area (Å²) in [4.78, 5) is 2.23. The molecule has 1 aromatic rings. The third-order valence-corrected chi connectivity index (χ3v) is 2.69. The zero-order chi connectivity index (χ0) is 11.3. The van der Waals surface area contributed by atoms with Gasteiger partial charge in [-0.25, -0.2) is 4.39 Å². The molecule has 84 valence electrons. The maximum absolute atomic E-state index is 13.0. The van der Waals surface area contributed by atoms with Crippen LogP contribution < -0.4 is 0 Å². The van der Waals surface area contributed by atoms with Crippen LogP contribution in [0.2, 0.25) is 0 Å². The molecule has 0 aliphatic heterocycles. The van der Waals surface area contributed by atoms with E-state index in [9.17, 15) is 4.39 Å². The molecular formula is C12H18FNS. The Hall–Kier alpha value is -0.540. The molecule has 0 spiro atoms. The zero-order valence-electron chi connectivity index (χ0n) is 9.33. The van der Waals surface area contributed by atoms with Gasteiger partial charge in [0.2, 0.25) is 0 Å². The molecule has 0 amide bonds. The van der Waals surface area contributed by atoms with Crippen LogP contribution in [-0.2, 0) is 6.54 Å². The van der Waals surface area contributed by atoms with E-state index in [1.807, 2.05) is 12.1 Å². The Morgan fingerprint density at radius 1 is 1.40 bits per heavy atom. The number of hydrogen-bond donors (Lipinski definition) is 1. The maximum atomic E-state index is 13.0. The molecule has 0 aliphatic rings. The Bertz CT molecular complexity index is 314. The van der Waals surface area contributed by atoms with Crippen molar-refractivity contribution in [3.05, 3.63) is 35.1 Å². The van der Waals surface area contributed by atoms with Gasteiger partial charge < -0.3 is 4.90 Å². The van der Waals surface area contributed by atoms with Crippen molar-refractivity contribution >= 4 is 12.6 Å². The van der Waals surface area contributed by atoms with Gasteiger partial charge in [-0.1, -0.05) is 12.1 Å². The molecule has 0 heterocycles. The van der Waals surface area contributed by atoms with Crippen LogP contribution in [0.3, 0.4) is 0 Å². The highest BCUT2D eigenvalue weighted by Crippen LogP contribution is 2.10. The number of halogens is 1. The second-order valence-corrected chi connectivity index (χ2v) is 4.35. The first-order valence-electron chi connectivity index (χ1n) is 5.18. The standard InChI is InChI=1S/C12H18FNS/c1-10-8-11(4-5-12(10)13)9-14(2)6-3-7-15/h4-5,8,15H,3,6-7,9H2,1-2H3. The van der Waals surface area contributed by atoms with Gasteiger partial charge in [0.15, 0.2) is 0 Å². The van der Waals surface area contributed by atoms with E-state index in [0.717, 1.165) is 36.4 Å². The fraction of sp³-hybridized carbons (Fsp3) is 0.500. The smallest absolute Gasteiger partial charge is 0.126 e. The number of aryl methyl sites for hydroxylation is 1. The lowest BCUT2D eigenvalue weighted by Gasteiger charge is -2.16. The van der Waals surface area contributed by atoms with Gasteiger partial charge >= 0.3 is 0 Å². The predicted molar refractivity (Wildman–Crippen MR) is 65.9 cm³/mol. The Morgan fingerprint density at radius 2 is 2.13 bits per heavy atom. The third kappa shape index (κ3) is 4.22. The summed E-state index contributed by atoms with van der Waals surface area (Å²) in [7, 11) is 2.07. The third-order valence-electron chi connectivity index (χ3n) is 2.37. The van der Waals surface area contributed by atoms with Gasteiger partial charge in [-0.3, -0.25) is 0 Å². The molecule has 0 unspecified atom stereocenters. The largest absolute Gasteiger partial charge is 0.302 e. The van der Waals surface area contributed by atoms with Crippen molar-refractivity contribution in [1.82, 2.24) is 4.90 Å². The van der Waals surface area contributed by atoms with Crippen LogP contribution in [0.15, 0.2) is 18.2 Å². The van der Waals surface area contributed by atoms with Crippen LogP contribution in [0.25, 0.3) is 0 Å². The second-order valence-electron chi connectivity index (χ2n) is 3.90. The molecule has 0 saturated carbocycles. The topological polar surface area (TPSA) is 3.24 Å². The van der Waals surface area contributed by atoms with Gasteiger partial charge in [-0.2, -0.15) is 12.6 Å². The molecule has 15 heavy (non-hydrogen) atoms. The molecule has 0 aromatic heterocycles. The summed E-state index contributed by atoms with van der Waals surface area (Å²) in [5.41, 5.74) is 1.88.